The van der Waals surface area contributed by atoms with Gasteiger partial charge in [0.15, 0.2) is 0 Å². The van der Waals surface area contributed by atoms with Crippen LogP contribution in [0.4, 0.5) is 4.39 Å². The molecule has 5 rings (SSSR count). The second kappa shape index (κ2) is 17.3. The maximum atomic E-state index is 14.5. The fourth-order valence-electron chi connectivity index (χ4n) is 6.22. The van der Waals surface area contributed by atoms with E-state index in [0.717, 1.165) is 73.0 Å². The van der Waals surface area contributed by atoms with E-state index in [1.165, 1.54) is 18.4 Å². The van der Waals surface area contributed by atoms with Crippen molar-refractivity contribution in [1.29, 1.82) is 0 Å². The fraction of sp³-hybridized carbons (Fsp3) is 0.400. The van der Waals surface area contributed by atoms with Gasteiger partial charge < -0.3 is 24.9 Å². The van der Waals surface area contributed by atoms with Gasteiger partial charge in [-0.25, -0.2) is 9.37 Å². The second-order valence-corrected chi connectivity index (χ2v) is 12.8. The van der Waals surface area contributed by atoms with E-state index in [-0.39, 0.29) is 17.3 Å². The molecular formula is C40H47FN4O4. The number of benzene rings is 3. The average Bonchev–Trinajstić information content (AvgIpc) is 3.71. The van der Waals surface area contributed by atoms with Gasteiger partial charge in [-0.2, -0.15) is 0 Å². The van der Waals surface area contributed by atoms with Crippen LogP contribution in [-0.2, 0) is 18.5 Å². The Morgan fingerprint density at radius 2 is 2.00 bits per heavy atom. The molecule has 1 atom stereocenters. The van der Waals surface area contributed by atoms with Crippen molar-refractivity contribution in [3.8, 4) is 29.5 Å². The number of aromatic nitrogens is 1. The van der Waals surface area contributed by atoms with Gasteiger partial charge in [-0.1, -0.05) is 25.0 Å². The number of carbonyl (C=O) groups excluding carboxylic acids is 1. The number of amides is 1. The van der Waals surface area contributed by atoms with E-state index in [2.05, 4.69) is 39.4 Å². The molecule has 1 aliphatic carbocycles. The number of terminal acetylenes is 1. The Kier molecular flexibility index (Phi) is 12.6. The zero-order chi connectivity index (χ0) is 34.6. The number of aliphatic hydroxyl groups is 1. The van der Waals surface area contributed by atoms with Gasteiger partial charge in [-0.3, -0.25) is 9.69 Å². The third-order valence-electron chi connectivity index (χ3n) is 8.95. The Morgan fingerprint density at radius 3 is 2.73 bits per heavy atom. The topological polar surface area (TPSA) is 99.9 Å². The number of oxazole rings is 1. The number of aliphatic hydroxyl groups excluding tert-OH is 1. The molecule has 49 heavy (non-hydrogen) atoms. The number of ether oxygens (including phenoxy) is 1. The first-order valence-corrected chi connectivity index (χ1v) is 17.2. The van der Waals surface area contributed by atoms with Crippen molar-refractivity contribution in [3.63, 3.8) is 0 Å². The van der Waals surface area contributed by atoms with Crippen LogP contribution >= 0.6 is 0 Å². The molecule has 1 amide bonds. The van der Waals surface area contributed by atoms with Crippen molar-refractivity contribution < 1.29 is 23.4 Å². The second-order valence-electron chi connectivity index (χ2n) is 12.8. The first kappa shape index (κ1) is 35.8. The molecule has 1 fully saturated rings. The SMILES string of the molecule is C#Cc1cccc(C2(NC[C@@H](O)CCc3cc(F)cc(OCCCCN(CCC)Cc4cc(C(=O)NC)cc(-c5ncco5)c4)c3)CC2)c1. The quantitative estimate of drug-likeness (QED) is 0.0780. The van der Waals surface area contributed by atoms with Crippen LogP contribution in [0.25, 0.3) is 11.5 Å². The number of carbonyl (C=O) groups is 1. The van der Waals surface area contributed by atoms with Gasteiger partial charge in [0.1, 0.15) is 17.8 Å². The molecule has 1 saturated carbocycles. The van der Waals surface area contributed by atoms with E-state index in [1.54, 1.807) is 19.3 Å². The van der Waals surface area contributed by atoms with Crippen LogP contribution < -0.4 is 15.4 Å². The summed E-state index contributed by atoms with van der Waals surface area (Å²) in [6.07, 6.45) is 13.9. The largest absolute Gasteiger partial charge is 0.493 e. The molecule has 0 bridgehead atoms. The highest BCUT2D eigenvalue weighted by molar-refractivity contribution is 5.95. The number of nitrogens with zero attached hydrogens (tertiary/aromatic N) is 2. The van der Waals surface area contributed by atoms with E-state index < -0.39 is 6.10 Å². The van der Waals surface area contributed by atoms with Crippen LogP contribution in [0.3, 0.4) is 0 Å². The highest BCUT2D eigenvalue weighted by atomic mass is 19.1. The van der Waals surface area contributed by atoms with Crippen LogP contribution in [0, 0.1) is 18.2 Å². The number of hydrogen-bond acceptors (Lipinski definition) is 7. The molecule has 1 heterocycles. The van der Waals surface area contributed by atoms with Gasteiger partial charge in [-0.05, 0) is 117 Å². The summed E-state index contributed by atoms with van der Waals surface area (Å²) in [4.78, 5) is 19.1. The third kappa shape index (κ3) is 10.3. The van der Waals surface area contributed by atoms with Gasteiger partial charge in [0.05, 0.1) is 18.9 Å². The van der Waals surface area contributed by atoms with Crippen molar-refractivity contribution in [3.05, 3.63) is 107 Å². The van der Waals surface area contributed by atoms with Crippen LogP contribution in [0.5, 0.6) is 5.75 Å². The van der Waals surface area contributed by atoms with Crippen LogP contribution in [0.15, 0.2) is 77.5 Å². The molecule has 258 valence electrons. The standard InChI is InChI=1S/C40H47FN4O4/c1-4-16-45(28-31-20-32(38(47)42-3)25-33(21-31)39-43-15-19-49-39)17-6-7-18-48-37-24-30(23-35(41)26-37)11-12-36(46)27-44-40(13-14-40)34-10-8-9-29(5-2)22-34/h2,8-10,15,19-26,36,44,46H,4,6-7,11-14,16-18,27-28H2,1,3H3,(H,42,47)/t36-/m0/s1. The monoisotopic (exact) mass is 666 g/mol. The lowest BCUT2D eigenvalue weighted by molar-refractivity contribution is 0.0963. The van der Waals surface area contributed by atoms with Gasteiger partial charge in [0.2, 0.25) is 5.89 Å². The summed E-state index contributed by atoms with van der Waals surface area (Å²) in [6, 6.07) is 18.5. The minimum absolute atomic E-state index is 0.124. The smallest absolute Gasteiger partial charge is 0.251 e. The lowest BCUT2D eigenvalue weighted by Gasteiger charge is -2.22. The highest BCUT2D eigenvalue weighted by Gasteiger charge is 2.44. The van der Waals surface area contributed by atoms with Gasteiger partial charge in [0.25, 0.3) is 5.91 Å². The summed E-state index contributed by atoms with van der Waals surface area (Å²) in [5.74, 6) is 3.17. The number of hydrogen-bond donors (Lipinski definition) is 3. The zero-order valence-electron chi connectivity index (χ0n) is 28.5. The number of unbranched alkanes of at least 4 members (excludes halogenated alkanes) is 1. The van der Waals surface area contributed by atoms with Crippen LogP contribution in [0.2, 0.25) is 0 Å². The van der Waals surface area contributed by atoms with Gasteiger partial charge in [-0.15, -0.1) is 6.42 Å². The van der Waals surface area contributed by atoms with Gasteiger partial charge >= 0.3 is 0 Å². The highest BCUT2D eigenvalue weighted by Crippen LogP contribution is 2.45. The van der Waals surface area contributed by atoms with Crippen molar-refractivity contribution in [2.24, 2.45) is 0 Å². The zero-order valence-corrected chi connectivity index (χ0v) is 28.5. The maximum absolute atomic E-state index is 14.5. The third-order valence-corrected chi connectivity index (χ3v) is 8.95. The summed E-state index contributed by atoms with van der Waals surface area (Å²) < 4.78 is 26.0. The fourth-order valence-corrected chi connectivity index (χ4v) is 6.22. The molecule has 1 aromatic heterocycles. The normalized spacial score (nSPS) is 14.0. The Hall–Kier alpha value is -4.49. The Labute approximate surface area is 289 Å². The number of nitrogens with one attached hydrogen (secondary N) is 2. The predicted molar refractivity (Wildman–Crippen MR) is 190 cm³/mol. The summed E-state index contributed by atoms with van der Waals surface area (Å²) in [5, 5.41) is 17.0. The molecule has 0 radical (unpaired) electrons. The summed E-state index contributed by atoms with van der Waals surface area (Å²) in [5.41, 5.74) is 5.03. The molecular weight excluding hydrogens is 619 g/mol. The lowest BCUT2D eigenvalue weighted by Crippen LogP contribution is -2.36. The molecule has 3 aromatic carbocycles. The van der Waals surface area contributed by atoms with E-state index in [4.69, 9.17) is 15.6 Å². The van der Waals surface area contributed by atoms with Crippen molar-refractivity contribution >= 4 is 5.91 Å². The lowest BCUT2D eigenvalue weighted by atomic mass is 10.0. The number of halogens is 1. The minimum Gasteiger partial charge on any atom is -0.493 e. The summed E-state index contributed by atoms with van der Waals surface area (Å²) in [7, 11) is 1.62. The van der Waals surface area contributed by atoms with E-state index in [9.17, 15) is 14.3 Å². The summed E-state index contributed by atoms with van der Waals surface area (Å²) >= 11 is 0. The summed E-state index contributed by atoms with van der Waals surface area (Å²) in [6.45, 7) is 5.52. The maximum Gasteiger partial charge on any atom is 0.251 e. The molecule has 0 aliphatic heterocycles. The molecule has 9 heteroatoms. The molecule has 3 N–H and O–H groups in total. The molecule has 1 aliphatic rings. The van der Waals surface area contributed by atoms with Crippen LogP contribution in [0.1, 0.15) is 78.1 Å². The van der Waals surface area contributed by atoms with Crippen molar-refractivity contribution in [2.75, 3.05) is 33.3 Å². The minimum atomic E-state index is -0.563. The van der Waals surface area contributed by atoms with E-state index >= 15 is 0 Å². The average molecular weight is 667 g/mol. The first-order chi connectivity index (χ1) is 23.8. The van der Waals surface area contributed by atoms with Crippen molar-refractivity contribution in [2.45, 2.75) is 70.1 Å². The van der Waals surface area contributed by atoms with Crippen LogP contribution in [-0.4, -0.2) is 60.3 Å². The molecule has 0 unspecified atom stereocenters. The molecule has 4 aromatic rings. The van der Waals surface area contributed by atoms with E-state index in [1.807, 2.05) is 36.4 Å². The Morgan fingerprint density at radius 1 is 1.14 bits per heavy atom. The molecule has 0 saturated heterocycles. The number of aryl methyl sites for hydroxylation is 1. The molecule has 8 nitrogen and oxygen atoms in total. The van der Waals surface area contributed by atoms with Crippen molar-refractivity contribution in [1.82, 2.24) is 20.5 Å². The van der Waals surface area contributed by atoms with E-state index in [0.29, 0.717) is 49.7 Å². The number of rotatable bonds is 19. The Bertz CT molecular complexity index is 1710. The first-order valence-electron chi connectivity index (χ1n) is 17.2. The predicted octanol–water partition coefficient (Wildman–Crippen LogP) is 6.47. The van der Waals surface area contributed by atoms with Gasteiger partial charge in [0, 0.05) is 48.4 Å². The Balaban J connectivity index is 1.07. The molecule has 0 spiro atoms.